The molecule has 2 heterocycles. The maximum absolute atomic E-state index is 12.7. The molecule has 0 spiro atoms. The number of alkyl halides is 3. The molecule has 4 atom stereocenters. The number of ether oxygens (including phenoxy) is 2. The number of rotatable bonds is 5. The topological polar surface area (TPSA) is 100 Å². The molecular formula is C24H26F3N3O5. The second-order valence-electron chi connectivity index (χ2n) is 8.80. The van der Waals surface area contributed by atoms with Crippen LogP contribution in [0.1, 0.15) is 29.9 Å². The van der Waals surface area contributed by atoms with Gasteiger partial charge < -0.3 is 30.1 Å². The zero-order chi connectivity index (χ0) is 25.3. The van der Waals surface area contributed by atoms with E-state index in [2.05, 4.69) is 10.6 Å². The van der Waals surface area contributed by atoms with Crippen molar-refractivity contribution in [1.82, 2.24) is 4.90 Å². The number of nitrogens with zero attached hydrogens (tertiary/aromatic N) is 1. The number of aliphatic hydroxyl groups is 1. The Labute approximate surface area is 200 Å². The van der Waals surface area contributed by atoms with Gasteiger partial charge in [0.05, 0.1) is 24.7 Å². The van der Waals surface area contributed by atoms with Crippen molar-refractivity contribution in [1.29, 1.82) is 0 Å². The molecule has 4 rings (SSSR count). The molecular weight excluding hydrogens is 467 g/mol. The zero-order valence-corrected chi connectivity index (χ0v) is 19.1. The van der Waals surface area contributed by atoms with E-state index in [1.165, 1.54) is 17.0 Å². The Morgan fingerprint density at radius 3 is 2.37 bits per heavy atom. The number of hydrogen-bond acceptors (Lipinski definition) is 5. The van der Waals surface area contributed by atoms with Crippen molar-refractivity contribution in [2.75, 3.05) is 31.3 Å². The molecule has 2 aliphatic heterocycles. The number of amides is 3. The van der Waals surface area contributed by atoms with E-state index in [0.29, 0.717) is 17.9 Å². The smallest absolute Gasteiger partial charge is 0.416 e. The molecule has 2 aromatic carbocycles. The SMILES string of the molecule is CN(C)C(=O)C[C@H]1C[C@@H]2c3cc(NC(=O)Nc4ccc(C(F)(F)F)cc4)ccc3O[C@@H]2[C@@H](CO)O1. The Morgan fingerprint density at radius 2 is 1.74 bits per heavy atom. The van der Waals surface area contributed by atoms with Crippen molar-refractivity contribution in [2.45, 2.75) is 43.2 Å². The molecule has 1 saturated heterocycles. The summed E-state index contributed by atoms with van der Waals surface area (Å²) >= 11 is 0. The maximum Gasteiger partial charge on any atom is 0.416 e. The Kier molecular flexibility index (Phi) is 6.91. The van der Waals surface area contributed by atoms with E-state index in [9.17, 15) is 27.9 Å². The second kappa shape index (κ2) is 9.74. The summed E-state index contributed by atoms with van der Waals surface area (Å²) in [7, 11) is 3.33. The Balaban J connectivity index is 1.45. The molecule has 2 aliphatic rings. The van der Waals surface area contributed by atoms with Crippen molar-refractivity contribution in [3.8, 4) is 5.75 Å². The fraction of sp³-hybridized carbons (Fsp3) is 0.417. The third-order valence-corrected chi connectivity index (χ3v) is 6.13. The van der Waals surface area contributed by atoms with Crippen LogP contribution in [0.3, 0.4) is 0 Å². The second-order valence-corrected chi connectivity index (χ2v) is 8.80. The summed E-state index contributed by atoms with van der Waals surface area (Å²) in [5, 5.41) is 15.0. The average Bonchev–Trinajstić information content (AvgIpc) is 3.16. The van der Waals surface area contributed by atoms with E-state index in [1.54, 1.807) is 32.3 Å². The lowest BCUT2D eigenvalue weighted by Gasteiger charge is -2.37. The molecule has 3 N–H and O–H groups in total. The number of benzene rings is 2. The number of carbonyl (C=O) groups excluding carboxylic acids is 2. The van der Waals surface area contributed by atoms with E-state index < -0.39 is 36.1 Å². The highest BCUT2D eigenvalue weighted by molar-refractivity contribution is 5.99. The van der Waals surface area contributed by atoms with Crippen LogP contribution in [0.2, 0.25) is 0 Å². The van der Waals surface area contributed by atoms with Gasteiger partial charge in [-0.25, -0.2) is 4.79 Å². The largest absolute Gasteiger partial charge is 0.487 e. The van der Waals surface area contributed by atoms with Gasteiger partial charge in [0.1, 0.15) is 18.0 Å². The van der Waals surface area contributed by atoms with Crippen LogP contribution in [0.15, 0.2) is 42.5 Å². The molecule has 11 heteroatoms. The number of carbonyl (C=O) groups is 2. The minimum atomic E-state index is -4.46. The fourth-order valence-corrected chi connectivity index (χ4v) is 4.38. The number of urea groups is 1. The molecule has 0 saturated carbocycles. The van der Waals surface area contributed by atoms with Crippen LogP contribution in [0, 0.1) is 0 Å². The third kappa shape index (κ3) is 5.51. The number of anilines is 2. The van der Waals surface area contributed by atoms with E-state index >= 15 is 0 Å². The minimum Gasteiger partial charge on any atom is -0.487 e. The highest BCUT2D eigenvalue weighted by Gasteiger charge is 2.46. The molecule has 8 nitrogen and oxygen atoms in total. The van der Waals surface area contributed by atoms with Crippen molar-refractivity contribution < 1.29 is 37.3 Å². The van der Waals surface area contributed by atoms with E-state index in [1.807, 2.05) is 0 Å². The number of aliphatic hydroxyl groups excluding tert-OH is 1. The summed E-state index contributed by atoms with van der Waals surface area (Å²) in [5.74, 6) is 0.380. The van der Waals surface area contributed by atoms with Crippen molar-refractivity contribution in [2.24, 2.45) is 0 Å². The molecule has 0 bridgehead atoms. The van der Waals surface area contributed by atoms with Crippen LogP contribution < -0.4 is 15.4 Å². The first-order chi connectivity index (χ1) is 16.5. The van der Waals surface area contributed by atoms with E-state index in [0.717, 1.165) is 17.7 Å². The lowest BCUT2D eigenvalue weighted by Crippen LogP contribution is -2.47. The molecule has 0 radical (unpaired) electrons. The van der Waals surface area contributed by atoms with Gasteiger partial charge in [-0.3, -0.25) is 4.79 Å². The summed E-state index contributed by atoms with van der Waals surface area (Å²) < 4.78 is 50.1. The Bertz CT molecular complexity index is 1090. The molecule has 2 aromatic rings. The van der Waals surface area contributed by atoms with E-state index in [-0.39, 0.29) is 30.5 Å². The molecule has 0 aromatic heterocycles. The number of halogens is 3. The molecule has 3 amide bonds. The van der Waals surface area contributed by atoms with Gasteiger partial charge in [0.15, 0.2) is 0 Å². The first-order valence-corrected chi connectivity index (χ1v) is 11.1. The van der Waals surface area contributed by atoms with Crippen LogP contribution in [0.25, 0.3) is 0 Å². The summed E-state index contributed by atoms with van der Waals surface area (Å²) in [6.45, 7) is -0.261. The summed E-state index contributed by atoms with van der Waals surface area (Å²) in [5.41, 5.74) is 0.695. The average molecular weight is 493 g/mol. The normalized spacial score (nSPS) is 23.0. The highest BCUT2D eigenvalue weighted by atomic mass is 19.4. The first-order valence-electron chi connectivity index (χ1n) is 11.1. The maximum atomic E-state index is 12.7. The van der Waals surface area contributed by atoms with Gasteiger partial charge in [-0.1, -0.05) is 0 Å². The number of fused-ring (bicyclic) bond motifs is 3. The van der Waals surface area contributed by atoms with E-state index in [4.69, 9.17) is 9.47 Å². The first kappa shape index (κ1) is 24.8. The predicted molar refractivity (Wildman–Crippen MR) is 121 cm³/mol. The minimum absolute atomic E-state index is 0.0837. The van der Waals surface area contributed by atoms with Crippen LogP contribution in [-0.4, -0.2) is 61.0 Å². The third-order valence-electron chi connectivity index (χ3n) is 6.13. The Hall–Kier alpha value is -3.31. The molecule has 35 heavy (non-hydrogen) atoms. The molecule has 188 valence electrons. The summed E-state index contributed by atoms with van der Waals surface area (Å²) in [6, 6.07) is 8.63. The van der Waals surface area contributed by atoms with Crippen LogP contribution >= 0.6 is 0 Å². The van der Waals surface area contributed by atoms with Gasteiger partial charge in [-0.15, -0.1) is 0 Å². The molecule has 0 unspecified atom stereocenters. The van der Waals surface area contributed by atoms with Crippen LogP contribution in [0.5, 0.6) is 5.75 Å². The van der Waals surface area contributed by atoms with Crippen molar-refractivity contribution in [3.05, 3.63) is 53.6 Å². The van der Waals surface area contributed by atoms with Crippen LogP contribution in [-0.2, 0) is 15.7 Å². The zero-order valence-electron chi connectivity index (χ0n) is 19.1. The van der Waals surface area contributed by atoms with Crippen molar-refractivity contribution in [3.63, 3.8) is 0 Å². The van der Waals surface area contributed by atoms with Crippen LogP contribution in [0.4, 0.5) is 29.3 Å². The lowest BCUT2D eigenvalue weighted by atomic mass is 9.84. The number of nitrogens with one attached hydrogen (secondary N) is 2. The van der Waals surface area contributed by atoms with Gasteiger partial charge in [0, 0.05) is 37.0 Å². The van der Waals surface area contributed by atoms with Gasteiger partial charge in [-0.2, -0.15) is 13.2 Å². The van der Waals surface area contributed by atoms with Crippen molar-refractivity contribution >= 4 is 23.3 Å². The molecule has 0 aliphatic carbocycles. The molecule has 1 fully saturated rings. The summed E-state index contributed by atoms with van der Waals surface area (Å²) in [4.78, 5) is 26.1. The Morgan fingerprint density at radius 1 is 1.09 bits per heavy atom. The fourth-order valence-electron chi connectivity index (χ4n) is 4.38. The van der Waals surface area contributed by atoms with Gasteiger partial charge in [0.25, 0.3) is 0 Å². The van der Waals surface area contributed by atoms with Gasteiger partial charge in [-0.05, 0) is 48.9 Å². The van der Waals surface area contributed by atoms with Gasteiger partial charge in [0.2, 0.25) is 5.91 Å². The lowest BCUT2D eigenvalue weighted by molar-refractivity contribution is -0.147. The predicted octanol–water partition coefficient (Wildman–Crippen LogP) is 3.82. The summed E-state index contributed by atoms with van der Waals surface area (Å²) in [6.07, 6.45) is -5.18. The highest BCUT2D eigenvalue weighted by Crippen LogP contribution is 2.47. The monoisotopic (exact) mass is 493 g/mol. The quantitative estimate of drug-likeness (QED) is 0.588. The van der Waals surface area contributed by atoms with Gasteiger partial charge >= 0.3 is 12.2 Å². The standard InChI is InChI=1S/C24H26F3N3O5/c1-30(2)21(32)11-16-10-18-17-9-15(7-8-19(17)35-22(18)20(12-31)34-16)29-23(33)28-14-5-3-13(4-6-14)24(25,26)27/h3-9,16,18,20,22,31H,10-12H2,1-2H3,(H2,28,29,33)/t16-,18-,20-,22+/m1/s1. The number of hydrogen-bond donors (Lipinski definition) is 3.